The fraction of sp³-hybridized carbons (Fsp3) is 0.125. The Kier molecular flexibility index (Phi) is 4.65. The number of carbonyl (C=O) groups excluding carboxylic acids is 1. The van der Waals surface area contributed by atoms with Gasteiger partial charge in [-0.3, -0.25) is 4.79 Å². The highest BCUT2D eigenvalue weighted by Crippen LogP contribution is 2.11. The van der Waals surface area contributed by atoms with Gasteiger partial charge in [0.05, 0.1) is 0 Å². The Labute approximate surface area is 128 Å². The Balaban J connectivity index is 2.04. The number of amides is 1. The molecule has 21 heavy (non-hydrogen) atoms. The van der Waals surface area contributed by atoms with Gasteiger partial charge in [-0.05, 0) is 30.2 Å². The van der Waals surface area contributed by atoms with E-state index < -0.39 is 5.82 Å². The molecule has 0 spiro atoms. The highest BCUT2D eigenvalue weighted by atomic mass is 32.1. The summed E-state index contributed by atoms with van der Waals surface area (Å²) in [4.78, 5) is 12.4. The monoisotopic (exact) mass is 302 g/mol. The van der Waals surface area contributed by atoms with Crippen molar-refractivity contribution in [2.45, 2.75) is 13.5 Å². The summed E-state index contributed by atoms with van der Waals surface area (Å²) in [5, 5.41) is 2.76. The molecule has 108 valence electrons. The first-order chi connectivity index (χ1) is 9.97. The number of nitrogens with two attached hydrogens (primary N) is 1. The second-order valence-electron chi connectivity index (χ2n) is 4.70. The van der Waals surface area contributed by atoms with Crippen molar-refractivity contribution in [3.8, 4) is 0 Å². The molecule has 0 atom stereocenters. The van der Waals surface area contributed by atoms with Crippen LogP contribution in [0.2, 0.25) is 0 Å². The molecule has 3 N–H and O–H groups in total. The summed E-state index contributed by atoms with van der Waals surface area (Å²) in [6, 6.07) is 11.4. The molecule has 0 fully saturated rings. The average Bonchev–Trinajstić information content (AvgIpc) is 2.47. The summed E-state index contributed by atoms with van der Waals surface area (Å²) in [5.41, 5.74) is 8.29. The maximum Gasteiger partial charge on any atom is 0.251 e. The molecule has 2 aromatic rings. The lowest BCUT2D eigenvalue weighted by Gasteiger charge is -2.08. The lowest BCUT2D eigenvalue weighted by Crippen LogP contribution is -2.23. The maximum atomic E-state index is 13.2. The van der Waals surface area contributed by atoms with Crippen molar-refractivity contribution in [2.75, 3.05) is 0 Å². The number of nitrogens with one attached hydrogen (secondary N) is 1. The lowest BCUT2D eigenvalue weighted by molar-refractivity contribution is 0.0950. The van der Waals surface area contributed by atoms with Crippen LogP contribution in [0.1, 0.15) is 27.0 Å². The zero-order valence-corrected chi connectivity index (χ0v) is 12.3. The Morgan fingerprint density at radius 2 is 1.90 bits per heavy atom. The first-order valence-corrected chi connectivity index (χ1v) is 6.81. The number of halogens is 1. The van der Waals surface area contributed by atoms with Crippen LogP contribution in [-0.4, -0.2) is 10.9 Å². The minimum Gasteiger partial charge on any atom is -0.389 e. The molecular formula is C16H15FN2OS. The topological polar surface area (TPSA) is 55.1 Å². The van der Waals surface area contributed by atoms with Crippen LogP contribution in [0.5, 0.6) is 0 Å². The van der Waals surface area contributed by atoms with Crippen molar-refractivity contribution in [3.63, 3.8) is 0 Å². The molecule has 3 nitrogen and oxygen atoms in total. The molecule has 0 aromatic heterocycles. The Bertz CT molecular complexity index is 683. The standard InChI is InChI=1S/C16H15FN2OS/c1-10-2-7-13(17)8-14(10)16(20)19-9-11-3-5-12(6-4-11)15(18)21/h2-8H,9H2,1H3,(H2,18,21)(H,19,20). The number of aryl methyl sites for hydroxylation is 1. The maximum absolute atomic E-state index is 13.2. The fourth-order valence-electron chi connectivity index (χ4n) is 1.90. The number of hydrogen-bond donors (Lipinski definition) is 2. The molecule has 0 saturated carbocycles. The molecule has 2 aromatic carbocycles. The molecule has 0 aliphatic rings. The van der Waals surface area contributed by atoms with Gasteiger partial charge in [-0.1, -0.05) is 42.5 Å². The summed E-state index contributed by atoms with van der Waals surface area (Å²) < 4.78 is 13.2. The van der Waals surface area contributed by atoms with E-state index in [2.05, 4.69) is 5.32 Å². The molecule has 0 unspecified atom stereocenters. The lowest BCUT2D eigenvalue weighted by atomic mass is 10.1. The summed E-state index contributed by atoms with van der Waals surface area (Å²) >= 11 is 4.87. The fourth-order valence-corrected chi connectivity index (χ4v) is 2.04. The summed E-state index contributed by atoms with van der Waals surface area (Å²) in [6.07, 6.45) is 0. The van der Waals surface area contributed by atoms with Crippen molar-refractivity contribution in [1.29, 1.82) is 0 Å². The Morgan fingerprint density at radius 3 is 2.52 bits per heavy atom. The van der Waals surface area contributed by atoms with Crippen LogP contribution in [0, 0.1) is 12.7 Å². The van der Waals surface area contributed by atoms with Crippen molar-refractivity contribution in [3.05, 3.63) is 70.5 Å². The molecule has 0 aliphatic heterocycles. The third-order valence-corrected chi connectivity index (χ3v) is 3.37. The molecule has 0 saturated heterocycles. The zero-order valence-electron chi connectivity index (χ0n) is 11.5. The summed E-state index contributed by atoms with van der Waals surface area (Å²) in [7, 11) is 0. The quantitative estimate of drug-likeness (QED) is 0.854. The minimum atomic E-state index is -0.424. The van der Waals surface area contributed by atoms with Gasteiger partial charge in [-0.25, -0.2) is 4.39 Å². The van der Waals surface area contributed by atoms with E-state index in [0.717, 1.165) is 16.7 Å². The number of thiocarbonyl (C=S) groups is 1. The van der Waals surface area contributed by atoms with Gasteiger partial charge >= 0.3 is 0 Å². The molecule has 0 heterocycles. The third kappa shape index (κ3) is 3.86. The van der Waals surface area contributed by atoms with E-state index in [9.17, 15) is 9.18 Å². The van der Waals surface area contributed by atoms with E-state index in [4.69, 9.17) is 18.0 Å². The van der Waals surface area contributed by atoms with Crippen LogP contribution < -0.4 is 11.1 Å². The average molecular weight is 302 g/mol. The third-order valence-electron chi connectivity index (χ3n) is 3.14. The predicted octanol–water partition coefficient (Wildman–Crippen LogP) is 2.70. The first kappa shape index (κ1) is 15.1. The van der Waals surface area contributed by atoms with E-state index in [1.807, 2.05) is 12.1 Å². The van der Waals surface area contributed by atoms with Crippen molar-refractivity contribution >= 4 is 23.1 Å². The summed E-state index contributed by atoms with van der Waals surface area (Å²) in [6.45, 7) is 2.12. The number of carbonyl (C=O) groups is 1. The predicted molar refractivity (Wildman–Crippen MR) is 84.6 cm³/mol. The van der Waals surface area contributed by atoms with Crippen LogP contribution in [-0.2, 0) is 6.54 Å². The number of rotatable bonds is 4. The van der Waals surface area contributed by atoms with Crippen molar-refractivity contribution in [1.82, 2.24) is 5.32 Å². The normalized spacial score (nSPS) is 10.2. The van der Waals surface area contributed by atoms with Gasteiger partial charge in [0.25, 0.3) is 5.91 Å². The highest BCUT2D eigenvalue weighted by Gasteiger charge is 2.09. The van der Waals surface area contributed by atoms with Gasteiger partial charge in [-0.15, -0.1) is 0 Å². The van der Waals surface area contributed by atoms with Crippen LogP contribution in [0.15, 0.2) is 42.5 Å². The van der Waals surface area contributed by atoms with E-state index in [0.29, 0.717) is 17.1 Å². The van der Waals surface area contributed by atoms with Gasteiger partial charge in [0.2, 0.25) is 0 Å². The molecule has 0 bridgehead atoms. The Hall–Kier alpha value is -2.27. The Morgan fingerprint density at radius 1 is 1.24 bits per heavy atom. The van der Waals surface area contributed by atoms with Gasteiger partial charge in [0.15, 0.2) is 0 Å². The van der Waals surface area contributed by atoms with E-state index in [1.165, 1.54) is 12.1 Å². The second-order valence-corrected chi connectivity index (χ2v) is 5.14. The van der Waals surface area contributed by atoms with E-state index in [-0.39, 0.29) is 5.91 Å². The van der Waals surface area contributed by atoms with Gasteiger partial charge in [0, 0.05) is 17.7 Å². The number of benzene rings is 2. The molecule has 2 rings (SSSR count). The van der Waals surface area contributed by atoms with Crippen molar-refractivity contribution < 1.29 is 9.18 Å². The molecule has 0 radical (unpaired) electrons. The minimum absolute atomic E-state index is 0.301. The molecular weight excluding hydrogens is 287 g/mol. The number of hydrogen-bond acceptors (Lipinski definition) is 2. The van der Waals surface area contributed by atoms with Crippen LogP contribution in [0.3, 0.4) is 0 Å². The highest BCUT2D eigenvalue weighted by molar-refractivity contribution is 7.80. The van der Waals surface area contributed by atoms with Gasteiger partial charge in [0.1, 0.15) is 10.8 Å². The molecule has 5 heteroatoms. The molecule has 1 amide bonds. The van der Waals surface area contributed by atoms with Crippen LogP contribution in [0.4, 0.5) is 4.39 Å². The van der Waals surface area contributed by atoms with Crippen LogP contribution in [0.25, 0.3) is 0 Å². The van der Waals surface area contributed by atoms with Crippen molar-refractivity contribution in [2.24, 2.45) is 5.73 Å². The van der Waals surface area contributed by atoms with E-state index in [1.54, 1.807) is 25.1 Å². The van der Waals surface area contributed by atoms with Gasteiger partial charge < -0.3 is 11.1 Å². The van der Waals surface area contributed by atoms with E-state index >= 15 is 0 Å². The zero-order chi connectivity index (χ0) is 15.4. The summed E-state index contributed by atoms with van der Waals surface area (Å²) in [5.74, 6) is -0.725. The van der Waals surface area contributed by atoms with Crippen LogP contribution >= 0.6 is 12.2 Å². The second kappa shape index (κ2) is 6.45. The van der Waals surface area contributed by atoms with Gasteiger partial charge in [-0.2, -0.15) is 0 Å². The smallest absolute Gasteiger partial charge is 0.251 e. The largest absolute Gasteiger partial charge is 0.389 e. The SMILES string of the molecule is Cc1ccc(F)cc1C(=O)NCc1ccc(C(N)=S)cc1. The molecule has 0 aliphatic carbocycles. The first-order valence-electron chi connectivity index (χ1n) is 6.40.